The summed E-state index contributed by atoms with van der Waals surface area (Å²) in [4.78, 5) is 31.6. The van der Waals surface area contributed by atoms with E-state index in [9.17, 15) is 18.4 Å². The van der Waals surface area contributed by atoms with E-state index >= 15 is 0 Å². The quantitative estimate of drug-likeness (QED) is 0.221. The van der Waals surface area contributed by atoms with Gasteiger partial charge in [-0.2, -0.15) is 0 Å². The maximum absolute atomic E-state index is 13.8. The van der Waals surface area contributed by atoms with Gasteiger partial charge >= 0.3 is 0 Å². The largest absolute Gasteiger partial charge is 0.320 e. The van der Waals surface area contributed by atoms with E-state index in [0.29, 0.717) is 15.4 Å². The Kier molecular flexibility index (Phi) is 6.30. The third-order valence-electron chi connectivity index (χ3n) is 4.32. The Hall–Kier alpha value is -2.82. The highest BCUT2D eigenvalue weighted by atomic mass is 32.2. The van der Waals surface area contributed by atoms with Crippen molar-refractivity contribution in [1.82, 2.24) is 9.55 Å². The van der Waals surface area contributed by atoms with Gasteiger partial charge in [-0.1, -0.05) is 30.0 Å². The zero-order valence-corrected chi connectivity index (χ0v) is 18.4. The molecule has 1 amide bonds. The highest BCUT2D eigenvalue weighted by Gasteiger charge is 2.19. The third kappa shape index (κ3) is 4.32. The number of carbonyl (C=O) groups excluding carboxylic acids is 1. The minimum Gasteiger partial charge on any atom is -0.320 e. The molecule has 4 aromatic rings. The molecule has 3 heterocycles. The molecule has 4 rings (SSSR count). The van der Waals surface area contributed by atoms with Crippen LogP contribution in [0.1, 0.15) is 0 Å². The SMILES string of the molecule is C=CCn1c(SCC(=O)Nc2c(F)cccc2F)nc2scc(-c3cccs3)c2c1=O. The summed E-state index contributed by atoms with van der Waals surface area (Å²) in [5.74, 6) is -2.51. The molecule has 5 nitrogen and oxygen atoms in total. The fraction of sp³-hybridized carbons (Fsp3) is 0.0952. The Morgan fingerprint density at radius 2 is 2.00 bits per heavy atom. The van der Waals surface area contributed by atoms with Crippen LogP contribution in [-0.2, 0) is 11.3 Å². The molecule has 0 spiro atoms. The molecule has 31 heavy (non-hydrogen) atoms. The van der Waals surface area contributed by atoms with Gasteiger partial charge in [0.15, 0.2) is 5.16 Å². The van der Waals surface area contributed by atoms with Crippen molar-refractivity contribution in [3.63, 3.8) is 0 Å². The van der Waals surface area contributed by atoms with Crippen LogP contribution in [0.15, 0.2) is 63.7 Å². The number of benzene rings is 1. The fourth-order valence-electron chi connectivity index (χ4n) is 2.94. The van der Waals surface area contributed by atoms with Gasteiger partial charge in [0.05, 0.1) is 11.1 Å². The van der Waals surface area contributed by atoms with Gasteiger partial charge in [-0.05, 0) is 23.6 Å². The molecule has 158 valence electrons. The number of nitrogens with one attached hydrogen (secondary N) is 1. The number of nitrogens with zero attached hydrogens (tertiary/aromatic N) is 2. The van der Waals surface area contributed by atoms with Crippen molar-refractivity contribution in [3.05, 3.63) is 75.7 Å². The Labute approximate surface area is 188 Å². The standard InChI is InChI=1S/C21H15F2N3O2S3/c1-2-8-26-20(28)17-12(15-7-4-9-29-15)10-30-19(17)25-21(26)31-11-16(27)24-18-13(22)5-3-6-14(18)23/h2-7,9-10H,1,8,11H2,(H,24,27). The first-order valence-electron chi connectivity index (χ1n) is 9.03. The number of hydrogen-bond acceptors (Lipinski definition) is 6. The van der Waals surface area contributed by atoms with Crippen molar-refractivity contribution in [2.75, 3.05) is 11.1 Å². The number of carbonyl (C=O) groups is 1. The Morgan fingerprint density at radius 3 is 2.68 bits per heavy atom. The van der Waals surface area contributed by atoms with E-state index in [1.807, 2.05) is 22.9 Å². The van der Waals surface area contributed by atoms with Gasteiger partial charge in [0.1, 0.15) is 22.2 Å². The first-order chi connectivity index (χ1) is 15.0. The van der Waals surface area contributed by atoms with E-state index in [-0.39, 0.29) is 17.9 Å². The predicted molar refractivity (Wildman–Crippen MR) is 123 cm³/mol. The summed E-state index contributed by atoms with van der Waals surface area (Å²) in [6.45, 7) is 3.91. The molecular weight excluding hydrogens is 460 g/mol. The number of hydrogen-bond donors (Lipinski definition) is 1. The van der Waals surface area contributed by atoms with Crippen LogP contribution in [0.5, 0.6) is 0 Å². The third-order valence-corrected chi connectivity index (χ3v) is 7.07. The Morgan fingerprint density at radius 1 is 1.23 bits per heavy atom. The predicted octanol–water partition coefficient (Wildman–Crippen LogP) is 5.38. The Bertz CT molecular complexity index is 1310. The van der Waals surface area contributed by atoms with Crippen molar-refractivity contribution in [2.45, 2.75) is 11.7 Å². The van der Waals surface area contributed by atoms with Crippen LogP contribution in [0.2, 0.25) is 0 Å². The summed E-state index contributed by atoms with van der Waals surface area (Å²) >= 11 is 3.91. The molecule has 1 N–H and O–H groups in total. The smallest absolute Gasteiger partial charge is 0.263 e. The lowest BCUT2D eigenvalue weighted by molar-refractivity contribution is -0.113. The summed E-state index contributed by atoms with van der Waals surface area (Å²) in [5, 5.41) is 6.93. The summed E-state index contributed by atoms with van der Waals surface area (Å²) in [6, 6.07) is 7.20. The molecule has 0 unspecified atom stereocenters. The number of para-hydroxylation sites is 1. The fourth-order valence-corrected chi connectivity index (χ4v) is 5.55. The summed E-state index contributed by atoms with van der Waals surface area (Å²) < 4.78 is 29.0. The second kappa shape index (κ2) is 9.13. The highest BCUT2D eigenvalue weighted by molar-refractivity contribution is 7.99. The molecule has 0 aliphatic heterocycles. The summed E-state index contributed by atoms with van der Waals surface area (Å²) in [5.41, 5.74) is 0.103. The van der Waals surface area contributed by atoms with Gasteiger partial charge in [0.25, 0.3) is 5.56 Å². The van der Waals surface area contributed by atoms with E-state index in [2.05, 4.69) is 16.9 Å². The van der Waals surface area contributed by atoms with E-state index in [1.54, 1.807) is 6.08 Å². The molecule has 0 aliphatic rings. The molecule has 0 atom stereocenters. The number of anilines is 1. The molecule has 0 saturated carbocycles. The topological polar surface area (TPSA) is 64.0 Å². The number of thiophene rings is 2. The summed E-state index contributed by atoms with van der Waals surface area (Å²) in [7, 11) is 0. The number of amides is 1. The zero-order valence-electron chi connectivity index (χ0n) is 15.9. The lowest BCUT2D eigenvalue weighted by Gasteiger charge is -2.11. The van der Waals surface area contributed by atoms with E-state index in [1.165, 1.54) is 33.3 Å². The number of halogens is 2. The maximum Gasteiger partial charge on any atom is 0.263 e. The lowest BCUT2D eigenvalue weighted by atomic mass is 10.2. The molecular formula is C21H15F2N3O2S3. The molecule has 1 aromatic carbocycles. The number of thioether (sulfide) groups is 1. The minimum absolute atomic E-state index is 0.175. The van der Waals surface area contributed by atoms with Crippen LogP contribution in [0.25, 0.3) is 20.7 Å². The second-order valence-electron chi connectivity index (χ2n) is 6.34. The normalized spacial score (nSPS) is 11.0. The van der Waals surface area contributed by atoms with Crippen LogP contribution >= 0.6 is 34.4 Å². The number of fused-ring (bicyclic) bond motifs is 1. The van der Waals surface area contributed by atoms with Crippen molar-refractivity contribution in [3.8, 4) is 10.4 Å². The number of rotatable bonds is 7. The molecule has 0 saturated heterocycles. The van der Waals surface area contributed by atoms with Crippen molar-refractivity contribution >= 4 is 56.2 Å². The average molecular weight is 476 g/mol. The van der Waals surface area contributed by atoms with Crippen LogP contribution in [0.3, 0.4) is 0 Å². The van der Waals surface area contributed by atoms with E-state index in [0.717, 1.165) is 34.3 Å². The molecule has 10 heteroatoms. The molecule has 3 aromatic heterocycles. The first kappa shape index (κ1) is 21.4. The Balaban J connectivity index is 1.63. The molecule has 0 aliphatic carbocycles. The minimum atomic E-state index is -0.860. The van der Waals surface area contributed by atoms with Crippen LogP contribution < -0.4 is 10.9 Å². The van der Waals surface area contributed by atoms with Gasteiger partial charge in [0, 0.05) is 22.4 Å². The molecule has 0 bridgehead atoms. The maximum atomic E-state index is 13.8. The highest BCUT2D eigenvalue weighted by Crippen LogP contribution is 2.34. The molecule has 0 fully saturated rings. The van der Waals surface area contributed by atoms with Crippen LogP contribution in [-0.4, -0.2) is 21.2 Å². The van der Waals surface area contributed by atoms with Gasteiger partial charge in [-0.3, -0.25) is 14.2 Å². The van der Waals surface area contributed by atoms with Gasteiger partial charge in [0.2, 0.25) is 5.91 Å². The van der Waals surface area contributed by atoms with Gasteiger partial charge in [-0.15, -0.1) is 29.3 Å². The number of aromatic nitrogens is 2. The monoisotopic (exact) mass is 475 g/mol. The average Bonchev–Trinajstić information content (AvgIpc) is 3.41. The lowest BCUT2D eigenvalue weighted by Crippen LogP contribution is -2.23. The van der Waals surface area contributed by atoms with E-state index in [4.69, 9.17) is 0 Å². The van der Waals surface area contributed by atoms with Crippen LogP contribution in [0.4, 0.5) is 14.5 Å². The second-order valence-corrected chi connectivity index (χ2v) is 9.09. The number of allylic oxidation sites excluding steroid dienone is 1. The van der Waals surface area contributed by atoms with Crippen molar-refractivity contribution < 1.29 is 13.6 Å². The first-order valence-corrected chi connectivity index (χ1v) is 11.8. The van der Waals surface area contributed by atoms with Gasteiger partial charge < -0.3 is 5.32 Å². The van der Waals surface area contributed by atoms with Crippen LogP contribution in [0, 0.1) is 11.6 Å². The van der Waals surface area contributed by atoms with Crippen molar-refractivity contribution in [1.29, 1.82) is 0 Å². The summed E-state index contributed by atoms with van der Waals surface area (Å²) in [6.07, 6.45) is 1.57. The van der Waals surface area contributed by atoms with E-state index < -0.39 is 23.2 Å². The van der Waals surface area contributed by atoms with Crippen molar-refractivity contribution in [2.24, 2.45) is 0 Å². The molecule has 0 radical (unpaired) electrons. The van der Waals surface area contributed by atoms with Gasteiger partial charge in [-0.25, -0.2) is 13.8 Å². The zero-order chi connectivity index (χ0) is 22.0.